The lowest BCUT2D eigenvalue weighted by Gasteiger charge is -2.12. The van der Waals surface area contributed by atoms with Gasteiger partial charge in [-0.3, -0.25) is 4.79 Å². The van der Waals surface area contributed by atoms with E-state index in [2.05, 4.69) is 44.3 Å². The molecule has 1 N–H and O–H groups in total. The number of methoxy groups -OCH3 is 1. The van der Waals surface area contributed by atoms with E-state index in [0.29, 0.717) is 24.0 Å². The van der Waals surface area contributed by atoms with Gasteiger partial charge in [-0.25, -0.2) is 4.98 Å². The van der Waals surface area contributed by atoms with Gasteiger partial charge in [-0.15, -0.1) is 11.3 Å². The molecule has 0 aliphatic rings. The van der Waals surface area contributed by atoms with Crippen LogP contribution in [0.5, 0.6) is 11.5 Å². The molecule has 180 valence electrons. The molecular weight excluding hydrogens is 456 g/mol. The molecular formula is C29H30N2O3S. The molecule has 4 rings (SSSR count). The van der Waals surface area contributed by atoms with Crippen LogP contribution in [0.3, 0.4) is 0 Å². The third-order valence-electron chi connectivity index (χ3n) is 5.51. The SMILES string of the molecule is COc1cc(/C=C/C(=O)Nc2ccc(-c3nc4ccc(C)cc4s3)cc2)ccc1OCCC(C)C. The Hall–Kier alpha value is -3.64. The highest BCUT2D eigenvalue weighted by Crippen LogP contribution is 2.31. The summed E-state index contributed by atoms with van der Waals surface area (Å²) in [7, 11) is 1.61. The first-order valence-corrected chi connectivity index (χ1v) is 12.5. The summed E-state index contributed by atoms with van der Waals surface area (Å²) in [5.41, 5.74) is 4.84. The van der Waals surface area contributed by atoms with Gasteiger partial charge in [0, 0.05) is 17.3 Å². The van der Waals surface area contributed by atoms with Gasteiger partial charge in [0.15, 0.2) is 11.5 Å². The minimum absolute atomic E-state index is 0.204. The Morgan fingerprint density at radius 3 is 2.60 bits per heavy atom. The molecule has 0 atom stereocenters. The Morgan fingerprint density at radius 2 is 1.86 bits per heavy atom. The summed E-state index contributed by atoms with van der Waals surface area (Å²) in [6.45, 7) is 7.05. The highest BCUT2D eigenvalue weighted by Gasteiger charge is 2.08. The summed E-state index contributed by atoms with van der Waals surface area (Å²) in [6.07, 6.45) is 4.25. The lowest BCUT2D eigenvalue weighted by molar-refractivity contribution is -0.111. The first kappa shape index (κ1) is 24.5. The summed E-state index contributed by atoms with van der Waals surface area (Å²) in [4.78, 5) is 17.2. The minimum atomic E-state index is -0.204. The van der Waals surface area contributed by atoms with Crippen LogP contribution in [0, 0.1) is 12.8 Å². The summed E-state index contributed by atoms with van der Waals surface area (Å²) in [6, 6.07) is 19.7. The fraction of sp³-hybridized carbons (Fsp3) is 0.241. The second-order valence-corrected chi connectivity index (χ2v) is 9.86. The molecule has 0 radical (unpaired) electrons. The maximum Gasteiger partial charge on any atom is 0.248 e. The maximum absolute atomic E-state index is 12.5. The maximum atomic E-state index is 12.5. The van der Waals surface area contributed by atoms with E-state index in [0.717, 1.165) is 33.8 Å². The van der Waals surface area contributed by atoms with Crippen molar-refractivity contribution >= 4 is 39.2 Å². The minimum Gasteiger partial charge on any atom is -0.493 e. The number of thiazole rings is 1. The van der Waals surface area contributed by atoms with E-state index in [1.54, 1.807) is 24.5 Å². The van der Waals surface area contributed by atoms with E-state index < -0.39 is 0 Å². The van der Waals surface area contributed by atoms with Crippen LogP contribution in [0.2, 0.25) is 0 Å². The molecule has 0 saturated heterocycles. The monoisotopic (exact) mass is 486 g/mol. The first-order valence-electron chi connectivity index (χ1n) is 11.7. The predicted octanol–water partition coefficient (Wildman–Crippen LogP) is 7.36. The van der Waals surface area contributed by atoms with Crippen molar-refractivity contribution in [3.8, 4) is 22.1 Å². The number of nitrogens with zero attached hydrogens (tertiary/aromatic N) is 1. The molecule has 5 nitrogen and oxygen atoms in total. The molecule has 0 aliphatic carbocycles. The van der Waals surface area contributed by atoms with E-state index in [1.165, 1.54) is 16.3 Å². The normalized spacial score (nSPS) is 11.3. The number of carbonyl (C=O) groups is 1. The molecule has 4 aromatic rings. The molecule has 0 unspecified atom stereocenters. The number of fused-ring (bicyclic) bond motifs is 1. The highest BCUT2D eigenvalue weighted by molar-refractivity contribution is 7.21. The molecule has 0 aliphatic heterocycles. The predicted molar refractivity (Wildman–Crippen MR) is 145 cm³/mol. The van der Waals surface area contributed by atoms with E-state index in [1.807, 2.05) is 42.5 Å². The number of hydrogen-bond donors (Lipinski definition) is 1. The first-order chi connectivity index (χ1) is 16.9. The average molecular weight is 487 g/mol. The Balaban J connectivity index is 1.37. The Labute approximate surface area is 210 Å². The zero-order valence-electron chi connectivity index (χ0n) is 20.5. The second-order valence-electron chi connectivity index (χ2n) is 8.83. The third kappa shape index (κ3) is 6.49. The van der Waals surface area contributed by atoms with Gasteiger partial charge in [0.05, 0.1) is 23.9 Å². The lowest BCUT2D eigenvalue weighted by atomic mass is 10.1. The summed E-state index contributed by atoms with van der Waals surface area (Å²) in [5.74, 6) is 1.73. The molecule has 6 heteroatoms. The molecule has 3 aromatic carbocycles. The number of benzene rings is 3. The lowest BCUT2D eigenvalue weighted by Crippen LogP contribution is -2.07. The number of ether oxygens (including phenoxy) is 2. The Kier molecular flexibility index (Phi) is 7.83. The summed E-state index contributed by atoms with van der Waals surface area (Å²) in [5, 5.41) is 3.87. The van der Waals surface area contributed by atoms with Crippen molar-refractivity contribution in [3.05, 3.63) is 77.9 Å². The highest BCUT2D eigenvalue weighted by atomic mass is 32.1. The average Bonchev–Trinajstić information content (AvgIpc) is 3.26. The quantitative estimate of drug-likeness (QED) is 0.251. The van der Waals surface area contributed by atoms with Crippen LogP contribution < -0.4 is 14.8 Å². The molecule has 0 bridgehead atoms. The topological polar surface area (TPSA) is 60.5 Å². The van der Waals surface area contributed by atoms with Gasteiger partial charge in [-0.2, -0.15) is 0 Å². The number of aromatic nitrogens is 1. The number of rotatable bonds is 9. The van der Waals surface area contributed by atoms with Gasteiger partial charge >= 0.3 is 0 Å². The molecule has 1 amide bonds. The summed E-state index contributed by atoms with van der Waals surface area (Å²) >= 11 is 1.67. The largest absolute Gasteiger partial charge is 0.493 e. The zero-order chi connectivity index (χ0) is 24.8. The van der Waals surface area contributed by atoms with Crippen LogP contribution in [-0.4, -0.2) is 24.6 Å². The molecule has 35 heavy (non-hydrogen) atoms. The van der Waals surface area contributed by atoms with Crippen LogP contribution in [-0.2, 0) is 4.79 Å². The third-order valence-corrected chi connectivity index (χ3v) is 6.58. The van der Waals surface area contributed by atoms with Crippen LogP contribution in [0.15, 0.2) is 66.7 Å². The fourth-order valence-electron chi connectivity index (χ4n) is 3.52. The standard InChI is InChI=1S/C29H30N2O3S/c1-19(2)15-16-34-25-13-6-21(18-26(25)33-4)7-14-28(32)30-23-10-8-22(9-11-23)29-31-24-12-5-20(3)17-27(24)35-29/h5-14,17-19H,15-16H2,1-4H3,(H,30,32)/b14-7+. The van der Waals surface area contributed by atoms with Crippen molar-refractivity contribution in [2.75, 3.05) is 19.0 Å². The number of amides is 1. The fourth-order valence-corrected chi connectivity index (χ4v) is 4.59. The second kappa shape index (κ2) is 11.2. The van der Waals surface area contributed by atoms with Crippen LogP contribution >= 0.6 is 11.3 Å². The smallest absolute Gasteiger partial charge is 0.248 e. The van der Waals surface area contributed by atoms with Crippen molar-refractivity contribution in [1.29, 1.82) is 0 Å². The molecule has 1 aromatic heterocycles. The zero-order valence-corrected chi connectivity index (χ0v) is 21.3. The van der Waals surface area contributed by atoms with Crippen molar-refractivity contribution in [2.24, 2.45) is 5.92 Å². The van der Waals surface area contributed by atoms with Crippen molar-refractivity contribution in [1.82, 2.24) is 4.98 Å². The Morgan fingerprint density at radius 1 is 1.06 bits per heavy atom. The Bertz CT molecular complexity index is 1340. The van der Waals surface area contributed by atoms with E-state index in [4.69, 9.17) is 14.5 Å². The van der Waals surface area contributed by atoms with Crippen LogP contribution in [0.1, 0.15) is 31.4 Å². The van der Waals surface area contributed by atoms with Gasteiger partial charge in [-0.1, -0.05) is 26.0 Å². The molecule has 0 fully saturated rings. The van der Waals surface area contributed by atoms with E-state index in [-0.39, 0.29) is 5.91 Å². The molecule has 0 saturated carbocycles. The number of nitrogens with one attached hydrogen (secondary N) is 1. The number of carbonyl (C=O) groups excluding carboxylic acids is 1. The molecule has 1 heterocycles. The molecule has 0 spiro atoms. The van der Waals surface area contributed by atoms with Gasteiger partial charge in [0.1, 0.15) is 5.01 Å². The summed E-state index contributed by atoms with van der Waals surface area (Å²) < 4.78 is 12.5. The number of hydrogen-bond acceptors (Lipinski definition) is 5. The number of aryl methyl sites for hydroxylation is 1. The van der Waals surface area contributed by atoms with Crippen molar-refractivity contribution in [2.45, 2.75) is 27.2 Å². The number of anilines is 1. The van der Waals surface area contributed by atoms with Gasteiger partial charge in [-0.05, 0) is 85.0 Å². The van der Waals surface area contributed by atoms with Gasteiger partial charge in [0.2, 0.25) is 5.91 Å². The van der Waals surface area contributed by atoms with E-state index in [9.17, 15) is 4.79 Å². The van der Waals surface area contributed by atoms with E-state index >= 15 is 0 Å². The van der Waals surface area contributed by atoms with Crippen LogP contribution in [0.4, 0.5) is 5.69 Å². The van der Waals surface area contributed by atoms with Crippen molar-refractivity contribution < 1.29 is 14.3 Å². The van der Waals surface area contributed by atoms with Gasteiger partial charge in [0.25, 0.3) is 0 Å². The van der Waals surface area contributed by atoms with Crippen molar-refractivity contribution in [3.63, 3.8) is 0 Å². The van der Waals surface area contributed by atoms with Gasteiger partial charge < -0.3 is 14.8 Å². The van der Waals surface area contributed by atoms with Crippen LogP contribution in [0.25, 0.3) is 26.9 Å².